The van der Waals surface area contributed by atoms with E-state index in [1.807, 2.05) is 4.90 Å². The Balaban J connectivity index is 1.07. The van der Waals surface area contributed by atoms with Gasteiger partial charge in [-0.25, -0.2) is 9.18 Å². The number of rotatable bonds is 9. The quantitative estimate of drug-likeness (QED) is 0.203. The van der Waals surface area contributed by atoms with E-state index in [1.54, 1.807) is 6.07 Å². The van der Waals surface area contributed by atoms with Crippen LogP contribution in [0.4, 0.5) is 23.6 Å². The number of alkyl halides is 3. The van der Waals surface area contributed by atoms with E-state index in [-0.39, 0.29) is 70.8 Å². The van der Waals surface area contributed by atoms with Crippen molar-refractivity contribution in [1.29, 1.82) is 0 Å². The Morgan fingerprint density at radius 1 is 1.02 bits per heavy atom. The molecule has 4 heterocycles. The number of nitrogens with zero attached hydrogens (tertiary/aromatic N) is 4. The molecule has 3 aliphatic rings. The number of carboxylic acids is 1. The Hall–Kier alpha value is -4.46. The zero-order valence-corrected chi connectivity index (χ0v) is 23.1. The van der Waals surface area contributed by atoms with Gasteiger partial charge in [-0.2, -0.15) is 0 Å². The van der Waals surface area contributed by atoms with Crippen LogP contribution in [0.3, 0.4) is 0 Å². The van der Waals surface area contributed by atoms with Crippen LogP contribution in [0, 0.1) is 5.82 Å². The van der Waals surface area contributed by atoms with E-state index < -0.39 is 18.1 Å². The second kappa shape index (κ2) is 10.9. The first-order valence-corrected chi connectivity index (χ1v) is 14.2. The van der Waals surface area contributed by atoms with Gasteiger partial charge in [0.2, 0.25) is 0 Å². The van der Waals surface area contributed by atoms with Crippen molar-refractivity contribution in [2.75, 3.05) is 4.90 Å². The number of carboxylic acid groups (broad SMARTS) is 1. The van der Waals surface area contributed by atoms with Crippen molar-refractivity contribution < 1.29 is 45.9 Å². The summed E-state index contributed by atoms with van der Waals surface area (Å²) in [5.74, 6) is -1.65. The molecule has 230 valence electrons. The van der Waals surface area contributed by atoms with Crippen LogP contribution in [0.15, 0.2) is 51.4 Å². The van der Waals surface area contributed by atoms with Crippen molar-refractivity contribution in [3.8, 4) is 28.5 Å². The van der Waals surface area contributed by atoms with Crippen molar-refractivity contribution in [2.24, 2.45) is 0 Å². The van der Waals surface area contributed by atoms with Crippen LogP contribution in [0.1, 0.15) is 66.1 Å². The van der Waals surface area contributed by atoms with Gasteiger partial charge >= 0.3 is 18.3 Å². The molecule has 3 fully saturated rings. The third-order valence-electron chi connectivity index (χ3n) is 8.37. The summed E-state index contributed by atoms with van der Waals surface area (Å²) in [4.78, 5) is 13.2. The Bertz CT molecular complexity index is 1690. The molecular weight excluding hydrogens is 588 g/mol. The first kappa shape index (κ1) is 28.3. The predicted molar refractivity (Wildman–Crippen MR) is 144 cm³/mol. The van der Waals surface area contributed by atoms with Crippen molar-refractivity contribution >= 4 is 12.0 Å². The molecule has 0 spiro atoms. The fraction of sp³-hybridized carbons (Fsp3) is 0.400. The molecule has 2 aromatic heterocycles. The number of anilines is 1. The van der Waals surface area contributed by atoms with Crippen LogP contribution in [0.25, 0.3) is 22.7 Å². The van der Waals surface area contributed by atoms with Crippen LogP contribution in [-0.2, 0) is 11.3 Å². The topological polar surface area (TPSA) is 124 Å². The second-order valence-electron chi connectivity index (χ2n) is 11.3. The number of hydrogen-bond donors (Lipinski definition) is 1. The molecule has 14 heteroatoms. The van der Waals surface area contributed by atoms with Gasteiger partial charge in [0, 0.05) is 29.1 Å². The number of hydrogen-bond acceptors (Lipinski definition) is 9. The van der Waals surface area contributed by atoms with Crippen molar-refractivity contribution in [1.82, 2.24) is 15.4 Å². The van der Waals surface area contributed by atoms with Gasteiger partial charge in [-0.3, -0.25) is 0 Å². The van der Waals surface area contributed by atoms with Gasteiger partial charge in [-0.1, -0.05) is 22.4 Å². The van der Waals surface area contributed by atoms with E-state index in [2.05, 4.69) is 20.1 Å². The summed E-state index contributed by atoms with van der Waals surface area (Å²) in [6, 6.07) is 9.63. The van der Waals surface area contributed by atoms with Gasteiger partial charge in [-0.05, 0) is 68.9 Å². The minimum Gasteiger partial charge on any atom is -0.478 e. The molecule has 1 saturated carbocycles. The van der Waals surface area contributed by atoms with Crippen LogP contribution >= 0.6 is 0 Å². The van der Waals surface area contributed by atoms with E-state index in [0.29, 0.717) is 24.2 Å². The minimum absolute atomic E-state index is 0.0116. The molecule has 0 unspecified atom stereocenters. The number of fused-ring (bicyclic) bond motifs is 2. The maximum absolute atomic E-state index is 14.6. The summed E-state index contributed by atoms with van der Waals surface area (Å²) < 4.78 is 76.0. The Morgan fingerprint density at radius 2 is 1.77 bits per heavy atom. The highest BCUT2D eigenvalue weighted by molar-refractivity contribution is 5.88. The first-order chi connectivity index (χ1) is 21.1. The molecule has 7 rings (SSSR count). The van der Waals surface area contributed by atoms with E-state index in [9.17, 15) is 22.4 Å². The van der Waals surface area contributed by atoms with Crippen LogP contribution in [0.2, 0.25) is 0 Å². The zero-order valence-electron chi connectivity index (χ0n) is 23.1. The zero-order chi connectivity index (χ0) is 30.6. The minimum atomic E-state index is -4.86. The number of carbonyl (C=O) groups is 1. The van der Waals surface area contributed by atoms with Crippen molar-refractivity contribution in [2.45, 2.75) is 75.6 Å². The Kier molecular flexibility index (Phi) is 7.03. The lowest BCUT2D eigenvalue weighted by atomic mass is 9.99. The molecule has 2 saturated heterocycles. The van der Waals surface area contributed by atoms with Crippen LogP contribution in [0.5, 0.6) is 5.75 Å². The standard InChI is InChI=1S/C30H26F4N4O6/c31-23-11-16(28(39)40)7-10-20(23)27-35-36-29(42-27)38-17-8-9-18(38)13-19(12-17)41-14-22-25(37-44-26(22)15-5-6-15)21-3-1-2-4-24(21)43-30(32,33)34/h1-4,7,10-11,15,17-19H,5-6,8-9,12-14H2,(H,39,40)/t17-,18+,19+. The molecular formula is C30H26F4N4O6. The van der Waals surface area contributed by atoms with Gasteiger partial charge in [0.05, 0.1) is 23.8 Å². The lowest BCUT2D eigenvalue weighted by Crippen LogP contribution is -2.45. The SMILES string of the molecule is O=C(O)c1ccc(-c2nnc(N3[C@@H]4CC[C@H]3C[C@@H](OCc3c(-c5ccccc5OC(F)(F)F)noc3C3CC3)C4)o2)c(F)c1. The van der Waals surface area contributed by atoms with Gasteiger partial charge in [0.25, 0.3) is 5.89 Å². The lowest BCUT2D eigenvalue weighted by Gasteiger charge is -2.37. The number of ether oxygens (including phenoxy) is 2. The van der Waals surface area contributed by atoms with Gasteiger partial charge in [0.1, 0.15) is 23.0 Å². The van der Waals surface area contributed by atoms with E-state index in [1.165, 1.54) is 30.3 Å². The maximum Gasteiger partial charge on any atom is 0.573 e. The first-order valence-electron chi connectivity index (χ1n) is 14.2. The lowest BCUT2D eigenvalue weighted by molar-refractivity contribution is -0.274. The molecule has 1 aliphatic carbocycles. The molecule has 10 nitrogen and oxygen atoms in total. The van der Waals surface area contributed by atoms with Crippen molar-refractivity contribution in [3.63, 3.8) is 0 Å². The molecule has 2 bridgehead atoms. The number of piperidine rings is 1. The molecule has 1 N–H and O–H groups in total. The number of benzene rings is 2. The van der Waals surface area contributed by atoms with Crippen LogP contribution in [-0.4, -0.2) is 51.0 Å². The summed E-state index contributed by atoms with van der Waals surface area (Å²) in [5.41, 5.74) is 0.896. The van der Waals surface area contributed by atoms with Crippen molar-refractivity contribution in [3.05, 3.63) is 65.2 Å². The third kappa shape index (κ3) is 5.49. The molecule has 44 heavy (non-hydrogen) atoms. The predicted octanol–water partition coefficient (Wildman–Crippen LogP) is 6.72. The average Bonchev–Trinajstić information content (AvgIpc) is 3.45. The molecule has 0 amide bonds. The molecule has 3 atom stereocenters. The number of para-hydroxylation sites is 1. The fourth-order valence-electron chi connectivity index (χ4n) is 6.24. The van der Waals surface area contributed by atoms with E-state index in [4.69, 9.17) is 18.8 Å². The fourth-order valence-corrected chi connectivity index (χ4v) is 6.24. The van der Waals surface area contributed by atoms with Gasteiger partial charge in [-0.15, -0.1) is 18.3 Å². The number of halogens is 4. The Morgan fingerprint density at radius 3 is 2.45 bits per heavy atom. The number of aromatic nitrogens is 3. The molecule has 2 aromatic carbocycles. The average molecular weight is 615 g/mol. The summed E-state index contributed by atoms with van der Waals surface area (Å²) in [6.45, 7) is 0.117. The molecule has 0 radical (unpaired) electrons. The number of aromatic carboxylic acids is 1. The van der Waals surface area contributed by atoms with Crippen LogP contribution < -0.4 is 9.64 Å². The Labute approximate surface area is 247 Å². The summed E-state index contributed by atoms with van der Waals surface area (Å²) in [5, 5.41) is 21.4. The highest BCUT2D eigenvalue weighted by Crippen LogP contribution is 2.46. The largest absolute Gasteiger partial charge is 0.573 e. The van der Waals surface area contributed by atoms with E-state index >= 15 is 0 Å². The monoisotopic (exact) mass is 614 g/mol. The highest BCUT2D eigenvalue weighted by atomic mass is 19.4. The van der Waals surface area contributed by atoms with Gasteiger partial charge in [0.15, 0.2) is 0 Å². The van der Waals surface area contributed by atoms with Gasteiger partial charge < -0.3 is 28.4 Å². The van der Waals surface area contributed by atoms with E-state index in [0.717, 1.165) is 31.7 Å². The third-order valence-corrected chi connectivity index (χ3v) is 8.37. The highest BCUT2D eigenvalue weighted by Gasteiger charge is 2.44. The summed E-state index contributed by atoms with van der Waals surface area (Å²) >= 11 is 0. The normalized spacial score (nSPS) is 21.5. The maximum atomic E-state index is 14.6. The molecule has 2 aliphatic heterocycles. The smallest absolute Gasteiger partial charge is 0.478 e. The summed E-state index contributed by atoms with van der Waals surface area (Å²) in [6.07, 6.45) is -0.193. The summed E-state index contributed by atoms with van der Waals surface area (Å²) in [7, 11) is 0. The molecule has 4 aromatic rings. The second-order valence-corrected chi connectivity index (χ2v) is 11.3.